The zero-order chi connectivity index (χ0) is 21.7. The van der Waals surface area contributed by atoms with Crippen LogP contribution in [0.25, 0.3) is 5.69 Å². The molecule has 1 aromatic heterocycles. The summed E-state index contributed by atoms with van der Waals surface area (Å²) in [5.41, 5.74) is 1.65. The lowest BCUT2D eigenvalue weighted by molar-refractivity contribution is 0.191. The van der Waals surface area contributed by atoms with Crippen LogP contribution in [0.15, 0.2) is 59.5 Å². The largest absolute Gasteiger partial charge is 0.493 e. The Hall–Kier alpha value is -3.23. The van der Waals surface area contributed by atoms with E-state index in [9.17, 15) is 4.79 Å². The molecule has 0 aliphatic heterocycles. The van der Waals surface area contributed by atoms with Gasteiger partial charge in [-0.05, 0) is 41.8 Å². The molecule has 0 amide bonds. The quantitative estimate of drug-likeness (QED) is 0.571. The van der Waals surface area contributed by atoms with Crippen molar-refractivity contribution < 1.29 is 9.47 Å². The summed E-state index contributed by atoms with van der Waals surface area (Å²) in [6, 6.07) is 13.9. The Morgan fingerprint density at radius 2 is 1.70 bits per heavy atom. The van der Waals surface area contributed by atoms with E-state index in [-0.39, 0.29) is 11.0 Å². The van der Waals surface area contributed by atoms with Gasteiger partial charge < -0.3 is 9.47 Å². The smallest absolute Gasteiger partial charge is 0.272 e. The van der Waals surface area contributed by atoms with Crippen LogP contribution in [-0.2, 0) is 0 Å². The first-order valence-corrected chi connectivity index (χ1v) is 9.81. The maximum Gasteiger partial charge on any atom is 0.272 e. The summed E-state index contributed by atoms with van der Waals surface area (Å²) in [5.74, 6) is 7.10. The average molecular weight is 423 g/mol. The Bertz CT molecular complexity index is 1150. The highest BCUT2D eigenvalue weighted by atomic mass is 35.5. The molecule has 0 unspecified atom stereocenters. The van der Waals surface area contributed by atoms with Crippen LogP contribution < -0.4 is 15.0 Å². The SMILES string of the molecule is COc1cc(-n2ncc(C#Cc3ccc(Cl)cc3)cc2=O)ccc1OCC(C)(C)C. The number of aromatic nitrogens is 2. The monoisotopic (exact) mass is 422 g/mol. The molecule has 3 aromatic rings. The zero-order valence-corrected chi connectivity index (χ0v) is 18.2. The Balaban J connectivity index is 1.84. The first kappa shape index (κ1) is 21.5. The summed E-state index contributed by atoms with van der Waals surface area (Å²) in [6.07, 6.45) is 1.56. The summed E-state index contributed by atoms with van der Waals surface area (Å²) in [6.45, 7) is 6.82. The molecule has 5 nitrogen and oxygen atoms in total. The van der Waals surface area contributed by atoms with Gasteiger partial charge in [0.15, 0.2) is 11.5 Å². The van der Waals surface area contributed by atoms with Gasteiger partial charge in [0, 0.05) is 22.7 Å². The van der Waals surface area contributed by atoms with Crippen LogP contribution in [0.1, 0.15) is 31.9 Å². The molecule has 3 rings (SSSR count). The van der Waals surface area contributed by atoms with Crippen molar-refractivity contribution in [3.8, 4) is 29.0 Å². The van der Waals surface area contributed by atoms with Gasteiger partial charge in [-0.25, -0.2) is 0 Å². The Labute approximate surface area is 181 Å². The molecule has 1 heterocycles. The molecule has 6 heteroatoms. The minimum atomic E-state index is -0.289. The van der Waals surface area contributed by atoms with E-state index in [4.69, 9.17) is 21.1 Å². The molecule has 30 heavy (non-hydrogen) atoms. The Kier molecular flexibility index (Phi) is 6.49. The van der Waals surface area contributed by atoms with Gasteiger partial charge in [-0.1, -0.05) is 44.2 Å². The van der Waals surface area contributed by atoms with Crippen molar-refractivity contribution in [1.29, 1.82) is 0 Å². The number of rotatable bonds is 4. The van der Waals surface area contributed by atoms with E-state index < -0.39 is 0 Å². The molecular weight excluding hydrogens is 400 g/mol. The van der Waals surface area contributed by atoms with Crippen molar-refractivity contribution in [2.75, 3.05) is 13.7 Å². The van der Waals surface area contributed by atoms with E-state index in [1.807, 2.05) is 12.1 Å². The van der Waals surface area contributed by atoms with Crippen LogP contribution in [0.3, 0.4) is 0 Å². The van der Waals surface area contributed by atoms with Crippen LogP contribution in [0, 0.1) is 17.3 Å². The number of benzene rings is 2. The summed E-state index contributed by atoms with van der Waals surface area (Å²) in [5, 5.41) is 4.90. The minimum Gasteiger partial charge on any atom is -0.493 e. The van der Waals surface area contributed by atoms with E-state index in [1.54, 1.807) is 43.6 Å². The van der Waals surface area contributed by atoms with Crippen LogP contribution in [-0.4, -0.2) is 23.5 Å². The third-order valence-electron chi connectivity index (χ3n) is 4.05. The van der Waals surface area contributed by atoms with Crippen molar-refractivity contribution in [1.82, 2.24) is 9.78 Å². The lowest BCUT2D eigenvalue weighted by Gasteiger charge is -2.20. The zero-order valence-electron chi connectivity index (χ0n) is 17.4. The van der Waals surface area contributed by atoms with Crippen molar-refractivity contribution in [2.45, 2.75) is 20.8 Å². The highest BCUT2D eigenvalue weighted by Gasteiger charge is 2.14. The highest BCUT2D eigenvalue weighted by Crippen LogP contribution is 2.30. The van der Waals surface area contributed by atoms with Crippen molar-refractivity contribution >= 4 is 11.6 Å². The van der Waals surface area contributed by atoms with Gasteiger partial charge in [0.05, 0.1) is 31.2 Å². The lowest BCUT2D eigenvalue weighted by Crippen LogP contribution is -2.20. The van der Waals surface area contributed by atoms with E-state index in [1.165, 1.54) is 10.7 Å². The summed E-state index contributed by atoms with van der Waals surface area (Å²) >= 11 is 5.87. The number of methoxy groups -OCH3 is 1. The topological polar surface area (TPSA) is 53.4 Å². The first-order valence-electron chi connectivity index (χ1n) is 9.43. The average Bonchev–Trinajstić information content (AvgIpc) is 2.71. The van der Waals surface area contributed by atoms with Crippen LogP contribution >= 0.6 is 11.6 Å². The standard InChI is InChI=1S/C24H23ClN2O3/c1-24(2,3)16-30-21-12-11-20(14-22(21)29-4)27-23(28)13-18(15-26-27)6-5-17-7-9-19(25)10-8-17/h7-15H,16H2,1-4H3. The molecule has 0 bridgehead atoms. The Morgan fingerprint density at radius 1 is 1.00 bits per heavy atom. The van der Waals surface area contributed by atoms with Gasteiger partial charge in [-0.3, -0.25) is 4.79 Å². The maximum absolute atomic E-state index is 12.6. The van der Waals surface area contributed by atoms with Gasteiger partial charge >= 0.3 is 0 Å². The third kappa shape index (κ3) is 5.65. The van der Waals surface area contributed by atoms with Crippen molar-refractivity contribution in [3.63, 3.8) is 0 Å². The van der Waals surface area contributed by atoms with Gasteiger partial charge in [0.1, 0.15) is 0 Å². The second-order valence-electron chi connectivity index (χ2n) is 7.94. The van der Waals surface area contributed by atoms with E-state index in [0.29, 0.717) is 34.4 Å². The van der Waals surface area contributed by atoms with E-state index >= 15 is 0 Å². The van der Waals surface area contributed by atoms with Crippen molar-refractivity contribution in [3.05, 3.63) is 81.2 Å². The fourth-order valence-corrected chi connectivity index (χ4v) is 2.68. The number of halogens is 1. The normalized spacial score (nSPS) is 10.8. The first-order chi connectivity index (χ1) is 14.2. The predicted octanol–water partition coefficient (Wildman–Crippen LogP) is 4.72. The molecule has 0 saturated carbocycles. The molecule has 0 radical (unpaired) electrons. The molecule has 0 saturated heterocycles. The number of hydrogen-bond donors (Lipinski definition) is 0. The van der Waals surface area contributed by atoms with Crippen molar-refractivity contribution in [2.24, 2.45) is 5.41 Å². The van der Waals surface area contributed by atoms with E-state index in [2.05, 4.69) is 37.7 Å². The van der Waals surface area contributed by atoms with Crippen LogP contribution in [0.5, 0.6) is 11.5 Å². The molecule has 0 atom stereocenters. The third-order valence-corrected chi connectivity index (χ3v) is 4.30. The van der Waals surface area contributed by atoms with Gasteiger partial charge in [0.2, 0.25) is 0 Å². The second kappa shape index (κ2) is 9.06. The number of nitrogens with zero attached hydrogens (tertiary/aromatic N) is 2. The maximum atomic E-state index is 12.6. The van der Waals surface area contributed by atoms with Gasteiger partial charge in [-0.2, -0.15) is 9.78 Å². The molecule has 0 fully saturated rings. The van der Waals surface area contributed by atoms with Crippen LogP contribution in [0.2, 0.25) is 5.02 Å². The molecular formula is C24H23ClN2O3. The molecule has 154 valence electrons. The fourth-order valence-electron chi connectivity index (χ4n) is 2.55. The number of ether oxygens (including phenoxy) is 2. The molecule has 2 aromatic carbocycles. The lowest BCUT2D eigenvalue weighted by atomic mass is 9.99. The molecule has 0 N–H and O–H groups in total. The molecule has 0 aliphatic carbocycles. The fraction of sp³-hybridized carbons (Fsp3) is 0.250. The number of hydrogen-bond acceptors (Lipinski definition) is 4. The molecule has 0 aliphatic rings. The highest BCUT2D eigenvalue weighted by molar-refractivity contribution is 6.30. The summed E-state index contributed by atoms with van der Waals surface area (Å²) in [7, 11) is 1.56. The van der Waals surface area contributed by atoms with Crippen LogP contribution in [0.4, 0.5) is 0 Å². The minimum absolute atomic E-state index is 0.0189. The van der Waals surface area contributed by atoms with E-state index in [0.717, 1.165) is 5.56 Å². The Morgan fingerprint density at radius 3 is 2.33 bits per heavy atom. The molecule has 0 spiro atoms. The van der Waals surface area contributed by atoms with Gasteiger partial charge in [0.25, 0.3) is 5.56 Å². The second-order valence-corrected chi connectivity index (χ2v) is 8.37. The summed E-state index contributed by atoms with van der Waals surface area (Å²) < 4.78 is 12.6. The predicted molar refractivity (Wildman–Crippen MR) is 119 cm³/mol. The summed E-state index contributed by atoms with van der Waals surface area (Å²) in [4.78, 5) is 12.6. The van der Waals surface area contributed by atoms with Gasteiger partial charge in [-0.15, -0.1) is 0 Å².